The summed E-state index contributed by atoms with van der Waals surface area (Å²) in [6, 6.07) is 11.3. The molecule has 2 N–H and O–H groups in total. The maximum atomic E-state index is 12.5. The maximum Gasteiger partial charge on any atom is 0.251 e. The molecule has 1 saturated heterocycles. The van der Waals surface area contributed by atoms with Crippen LogP contribution < -0.4 is 5.32 Å². The number of rotatable bonds is 5. The van der Waals surface area contributed by atoms with Gasteiger partial charge in [0.05, 0.1) is 18.6 Å². The Morgan fingerprint density at radius 1 is 1.35 bits per heavy atom. The van der Waals surface area contributed by atoms with Crippen molar-refractivity contribution in [1.29, 1.82) is 0 Å². The van der Waals surface area contributed by atoms with Gasteiger partial charge in [0.2, 0.25) is 0 Å². The Labute approximate surface area is 151 Å². The van der Waals surface area contributed by atoms with Crippen LogP contribution in [0.3, 0.4) is 0 Å². The van der Waals surface area contributed by atoms with Crippen molar-refractivity contribution in [3.8, 4) is 0 Å². The molecule has 0 radical (unpaired) electrons. The summed E-state index contributed by atoms with van der Waals surface area (Å²) in [5, 5.41) is 10.4. The summed E-state index contributed by atoms with van der Waals surface area (Å²) in [4.78, 5) is 19.3. The molecule has 26 heavy (non-hydrogen) atoms. The number of carbonyl (C=O) groups is 1. The zero-order chi connectivity index (χ0) is 17.9. The van der Waals surface area contributed by atoms with Gasteiger partial charge in [0.15, 0.2) is 5.82 Å². The molecule has 7 nitrogen and oxygen atoms in total. The third kappa shape index (κ3) is 3.52. The van der Waals surface area contributed by atoms with Crippen molar-refractivity contribution >= 4 is 5.91 Å². The van der Waals surface area contributed by atoms with Gasteiger partial charge in [-0.15, -0.1) is 0 Å². The third-order valence-corrected chi connectivity index (χ3v) is 4.65. The SMILES string of the molecule is Cc1nc([C@@H]2C[C@H](NC(=O)c3ccccc3)CN2Cc2ccoc2)n[nH]1. The maximum absolute atomic E-state index is 12.5. The number of aryl methyl sites for hydroxylation is 1. The molecule has 0 spiro atoms. The van der Waals surface area contributed by atoms with Crippen molar-refractivity contribution in [2.75, 3.05) is 6.54 Å². The highest BCUT2D eigenvalue weighted by Crippen LogP contribution is 2.31. The summed E-state index contributed by atoms with van der Waals surface area (Å²) >= 11 is 0. The number of nitrogens with one attached hydrogen (secondary N) is 2. The van der Waals surface area contributed by atoms with Gasteiger partial charge in [-0.3, -0.25) is 14.8 Å². The van der Waals surface area contributed by atoms with Crippen molar-refractivity contribution in [2.24, 2.45) is 0 Å². The topological polar surface area (TPSA) is 87.1 Å². The number of amides is 1. The lowest BCUT2D eigenvalue weighted by atomic mass is 10.1. The third-order valence-electron chi connectivity index (χ3n) is 4.65. The largest absolute Gasteiger partial charge is 0.472 e. The number of hydrogen-bond acceptors (Lipinski definition) is 5. The summed E-state index contributed by atoms with van der Waals surface area (Å²) in [6.07, 6.45) is 4.19. The van der Waals surface area contributed by atoms with Crippen LogP contribution in [0.25, 0.3) is 0 Å². The number of aromatic amines is 1. The Hall–Kier alpha value is -2.93. The van der Waals surface area contributed by atoms with E-state index < -0.39 is 0 Å². The fraction of sp³-hybridized carbons (Fsp3) is 0.316. The average molecular weight is 351 g/mol. The van der Waals surface area contributed by atoms with Gasteiger partial charge in [-0.05, 0) is 31.5 Å². The van der Waals surface area contributed by atoms with E-state index in [0.717, 1.165) is 36.7 Å². The van der Waals surface area contributed by atoms with Crippen LogP contribution in [0.1, 0.15) is 40.0 Å². The molecule has 1 aromatic carbocycles. The lowest BCUT2D eigenvalue weighted by molar-refractivity contribution is 0.0937. The second kappa shape index (κ2) is 7.13. The molecule has 134 valence electrons. The molecule has 0 saturated carbocycles. The van der Waals surface area contributed by atoms with Gasteiger partial charge < -0.3 is 9.73 Å². The number of benzene rings is 1. The monoisotopic (exact) mass is 351 g/mol. The molecule has 3 aromatic rings. The van der Waals surface area contributed by atoms with Gasteiger partial charge in [-0.2, -0.15) is 5.10 Å². The fourth-order valence-corrected chi connectivity index (χ4v) is 3.44. The van der Waals surface area contributed by atoms with Crippen molar-refractivity contribution in [3.05, 3.63) is 71.7 Å². The highest BCUT2D eigenvalue weighted by Gasteiger charge is 2.36. The minimum atomic E-state index is -0.0503. The van der Waals surface area contributed by atoms with Crippen LogP contribution in [0.15, 0.2) is 53.3 Å². The van der Waals surface area contributed by atoms with E-state index in [-0.39, 0.29) is 18.0 Å². The molecule has 2 aromatic heterocycles. The van der Waals surface area contributed by atoms with Crippen LogP contribution in [-0.4, -0.2) is 38.6 Å². The molecule has 0 unspecified atom stereocenters. The summed E-state index contributed by atoms with van der Waals surface area (Å²) in [7, 11) is 0. The van der Waals surface area contributed by atoms with Gasteiger partial charge in [0.1, 0.15) is 5.82 Å². The first-order chi connectivity index (χ1) is 12.7. The van der Waals surface area contributed by atoms with Crippen LogP contribution in [0, 0.1) is 6.92 Å². The predicted octanol–water partition coefficient (Wildman–Crippen LogP) is 2.45. The predicted molar refractivity (Wildman–Crippen MR) is 95.3 cm³/mol. The fourth-order valence-electron chi connectivity index (χ4n) is 3.44. The molecule has 1 amide bonds. The Bertz CT molecular complexity index is 859. The van der Waals surface area contributed by atoms with E-state index >= 15 is 0 Å². The number of aromatic nitrogens is 3. The molecule has 1 aliphatic heterocycles. The van der Waals surface area contributed by atoms with E-state index in [2.05, 4.69) is 25.4 Å². The van der Waals surface area contributed by atoms with E-state index in [1.807, 2.05) is 43.3 Å². The first kappa shape index (κ1) is 16.5. The van der Waals surface area contributed by atoms with Crippen LogP contribution in [0.5, 0.6) is 0 Å². The highest BCUT2D eigenvalue weighted by atomic mass is 16.3. The Kier molecular flexibility index (Phi) is 4.53. The standard InChI is InChI=1S/C19H21N5O2/c1-13-20-18(23-22-13)17-9-16(11-24(17)10-14-7-8-26-12-14)21-19(25)15-5-3-2-4-6-15/h2-8,12,16-17H,9-11H2,1H3,(H,21,25)(H,20,22,23)/t16-,17-/m0/s1. The first-order valence-electron chi connectivity index (χ1n) is 8.69. The van der Waals surface area contributed by atoms with Crippen molar-refractivity contribution in [1.82, 2.24) is 25.4 Å². The first-order valence-corrected chi connectivity index (χ1v) is 8.69. The second-order valence-electron chi connectivity index (χ2n) is 6.63. The molecule has 1 fully saturated rings. The quantitative estimate of drug-likeness (QED) is 0.737. The second-order valence-corrected chi connectivity index (χ2v) is 6.63. The molecule has 3 heterocycles. The minimum Gasteiger partial charge on any atom is -0.472 e. The summed E-state index contributed by atoms with van der Waals surface area (Å²) < 4.78 is 5.19. The zero-order valence-corrected chi connectivity index (χ0v) is 14.6. The number of nitrogens with zero attached hydrogens (tertiary/aromatic N) is 3. The van der Waals surface area contributed by atoms with Gasteiger partial charge in [0.25, 0.3) is 5.91 Å². The Morgan fingerprint density at radius 2 is 2.19 bits per heavy atom. The molecule has 4 rings (SSSR count). The lowest BCUT2D eigenvalue weighted by Crippen LogP contribution is -2.36. The number of hydrogen-bond donors (Lipinski definition) is 2. The molecular formula is C19H21N5O2. The van der Waals surface area contributed by atoms with Gasteiger partial charge >= 0.3 is 0 Å². The molecule has 0 aliphatic carbocycles. The van der Waals surface area contributed by atoms with Crippen LogP contribution in [-0.2, 0) is 6.54 Å². The summed E-state index contributed by atoms with van der Waals surface area (Å²) in [6.45, 7) is 3.36. The molecule has 0 bridgehead atoms. The van der Waals surface area contributed by atoms with E-state index in [9.17, 15) is 4.79 Å². The number of H-pyrrole nitrogens is 1. The zero-order valence-electron chi connectivity index (χ0n) is 14.6. The van der Waals surface area contributed by atoms with E-state index in [1.54, 1.807) is 12.5 Å². The lowest BCUT2D eigenvalue weighted by Gasteiger charge is -2.21. The van der Waals surface area contributed by atoms with Gasteiger partial charge in [-0.25, -0.2) is 4.98 Å². The average Bonchev–Trinajstić information content (AvgIpc) is 3.38. The number of carbonyl (C=O) groups excluding carboxylic acids is 1. The van der Waals surface area contributed by atoms with Crippen molar-refractivity contribution in [3.63, 3.8) is 0 Å². The number of likely N-dealkylation sites (tertiary alicyclic amines) is 1. The van der Waals surface area contributed by atoms with E-state index in [1.165, 1.54) is 0 Å². The molecular weight excluding hydrogens is 330 g/mol. The smallest absolute Gasteiger partial charge is 0.251 e. The van der Waals surface area contributed by atoms with Gasteiger partial charge in [0, 0.05) is 30.3 Å². The van der Waals surface area contributed by atoms with E-state index in [4.69, 9.17) is 4.42 Å². The normalized spacial score (nSPS) is 20.3. The summed E-state index contributed by atoms with van der Waals surface area (Å²) in [5.41, 5.74) is 1.77. The number of furan rings is 1. The van der Waals surface area contributed by atoms with Crippen molar-refractivity contribution < 1.29 is 9.21 Å². The molecule has 2 atom stereocenters. The van der Waals surface area contributed by atoms with E-state index in [0.29, 0.717) is 5.56 Å². The van der Waals surface area contributed by atoms with Crippen LogP contribution >= 0.6 is 0 Å². The van der Waals surface area contributed by atoms with Gasteiger partial charge in [-0.1, -0.05) is 18.2 Å². The van der Waals surface area contributed by atoms with Crippen LogP contribution in [0.2, 0.25) is 0 Å². The van der Waals surface area contributed by atoms with Crippen molar-refractivity contribution in [2.45, 2.75) is 32.0 Å². The molecule has 1 aliphatic rings. The Morgan fingerprint density at radius 3 is 2.88 bits per heavy atom. The Balaban J connectivity index is 1.50. The molecule has 7 heteroatoms. The summed E-state index contributed by atoms with van der Waals surface area (Å²) in [5.74, 6) is 1.51. The van der Waals surface area contributed by atoms with Crippen LogP contribution in [0.4, 0.5) is 0 Å². The highest BCUT2D eigenvalue weighted by molar-refractivity contribution is 5.94. The minimum absolute atomic E-state index is 0.0402.